The predicted octanol–water partition coefficient (Wildman–Crippen LogP) is 3.29. The molecule has 16 heavy (non-hydrogen) atoms. The third kappa shape index (κ3) is 1.95. The number of anilines is 3. The van der Waals surface area contributed by atoms with Crippen molar-refractivity contribution >= 4 is 17.1 Å². The van der Waals surface area contributed by atoms with Crippen molar-refractivity contribution in [1.82, 2.24) is 0 Å². The molecule has 0 spiro atoms. The minimum atomic E-state index is -0.511. The van der Waals surface area contributed by atoms with Crippen LogP contribution >= 0.6 is 0 Å². The van der Waals surface area contributed by atoms with Gasteiger partial charge in [-0.15, -0.1) is 0 Å². The van der Waals surface area contributed by atoms with Crippen LogP contribution in [-0.4, -0.2) is 0 Å². The molecule has 0 aliphatic rings. The molecule has 2 aromatic rings. The molecule has 82 valence electrons. The maximum atomic E-state index is 13.4. The fourth-order valence-corrected chi connectivity index (χ4v) is 1.37. The van der Waals surface area contributed by atoms with E-state index in [4.69, 9.17) is 5.73 Å². The molecule has 0 aliphatic heterocycles. The Morgan fingerprint density at radius 3 is 2.25 bits per heavy atom. The normalized spacial score (nSPS) is 10.1. The number of nitrogens with one attached hydrogen (secondary N) is 1. The summed E-state index contributed by atoms with van der Waals surface area (Å²) in [5.41, 5.74) is 6.12. The summed E-state index contributed by atoms with van der Waals surface area (Å²) in [4.78, 5) is 0. The number of para-hydroxylation sites is 2. The molecular formula is C12H10F2N2. The van der Waals surface area contributed by atoms with Crippen molar-refractivity contribution in [2.45, 2.75) is 0 Å². The number of halogens is 2. The number of nitrogens with two attached hydrogens (primary N) is 1. The molecular weight excluding hydrogens is 210 g/mol. The number of hydrogen-bond donors (Lipinski definition) is 2. The second-order valence-corrected chi connectivity index (χ2v) is 3.31. The smallest absolute Gasteiger partial charge is 0.148 e. The fraction of sp³-hybridized carbons (Fsp3) is 0. The standard InChI is InChI=1S/C12H10F2N2/c13-8-4-1-2-7-11(8)16-12-9(14)5-3-6-10(12)15/h1-7,16H,15H2. The highest BCUT2D eigenvalue weighted by Gasteiger charge is 2.08. The van der Waals surface area contributed by atoms with E-state index in [-0.39, 0.29) is 17.1 Å². The monoisotopic (exact) mass is 220 g/mol. The lowest BCUT2D eigenvalue weighted by atomic mass is 10.2. The molecule has 2 aromatic carbocycles. The van der Waals surface area contributed by atoms with Crippen LogP contribution < -0.4 is 11.1 Å². The van der Waals surface area contributed by atoms with Gasteiger partial charge in [0.15, 0.2) is 0 Å². The first-order chi connectivity index (χ1) is 7.68. The summed E-state index contributed by atoms with van der Waals surface area (Å²) < 4.78 is 26.7. The van der Waals surface area contributed by atoms with E-state index < -0.39 is 11.6 Å². The van der Waals surface area contributed by atoms with E-state index in [9.17, 15) is 8.78 Å². The van der Waals surface area contributed by atoms with E-state index >= 15 is 0 Å². The van der Waals surface area contributed by atoms with Gasteiger partial charge in [0.1, 0.15) is 11.6 Å². The zero-order chi connectivity index (χ0) is 11.5. The van der Waals surface area contributed by atoms with Crippen LogP contribution in [0.15, 0.2) is 42.5 Å². The van der Waals surface area contributed by atoms with E-state index in [1.54, 1.807) is 18.2 Å². The first-order valence-corrected chi connectivity index (χ1v) is 4.74. The van der Waals surface area contributed by atoms with Gasteiger partial charge in [0.25, 0.3) is 0 Å². The average Bonchev–Trinajstić information content (AvgIpc) is 2.26. The van der Waals surface area contributed by atoms with Crippen molar-refractivity contribution in [3.63, 3.8) is 0 Å². The molecule has 2 nitrogen and oxygen atoms in total. The van der Waals surface area contributed by atoms with Crippen LogP contribution in [0, 0.1) is 11.6 Å². The highest BCUT2D eigenvalue weighted by Crippen LogP contribution is 2.27. The molecule has 0 saturated heterocycles. The fourth-order valence-electron chi connectivity index (χ4n) is 1.37. The van der Waals surface area contributed by atoms with Crippen molar-refractivity contribution in [2.24, 2.45) is 0 Å². The Balaban J connectivity index is 2.38. The average molecular weight is 220 g/mol. The molecule has 3 N–H and O–H groups in total. The van der Waals surface area contributed by atoms with Gasteiger partial charge in [0.2, 0.25) is 0 Å². The van der Waals surface area contributed by atoms with Crippen LogP contribution in [0.1, 0.15) is 0 Å². The first kappa shape index (κ1) is 10.4. The molecule has 0 saturated carbocycles. The molecule has 0 atom stereocenters. The van der Waals surface area contributed by atoms with Gasteiger partial charge in [0.05, 0.1) is 17.1 Å². The lowest BCUT2D eigenvalue weighted by Gasteiger charge is -2.10. The lowest BCUT2D eigenvalue weighted by molar-refractivity contribution is 0.626. The minimum absolute atomic E-state index is 0.0904. The van der Waals surface area contributed by atoms with Crippen LogP contribution in [0.5, 0.6) is 0 Å². The summed E-state index contributed by atoms with van der Waals surface area (Å²) in [5.74, 6) is -0.964. The van der Waals surface area contributed by atoms with Crippen molar-refractivity contribution in [2.75, 3.05) is 11.1 Å². The number of rotatable bonds is 2. The molecule has 0 amide bonds. The van der Waals surface area contributed by atoms with Crippen LogP contribution in [0.2, 0.25) is 0 Å². The molecule has 0 unspecified atom stereocenters. The molecule has 0 radical (unpaired) electrons. The summed E-state index contributed by atoms with van der Waals surface area (Å²) in [7, 11) is 0. The molecule has 0 heterocycles. The van der Waals surface area contributed by atoms with Gasteiger partial charge in [-0.3, -0.25) is 0 Å². The molecule has 0 fully saturated rings. The van der Waals surface area contributed by atoms with Crippen molar-refractivity contribution < 1.29 is 8.78 Å². The van der Waals surface area contributed by atoms with Gasteiger partial charge in [-0.25, -0.2) is 8.78 Å². The van der Waals surface area contributed by atoms with Crippen LogP contribution in [0.4, 0.5) is 25.8 Å². The third-order valence-electron chi connectivity index (χ3n) is 2.18. The minimum Gasteiger partial charge on any atom is -0.397 e. The Hall–Kier alpha value is -2.10. The third-order valence-corrected chi connectivity index (χ3v) is 2.18. The highest BCUT2D eigenvalue weighted by molar-refractivity contribution is 5.73. The van der Waals surface area contributed by atoms with Gasteiger partial charge in [-0.2, -0.15) is 0 Å². The summed E-state index contributed by atoms with van der Waals surface area (Å²) in [6, 6.07) is 10.3. The first-order valence-electron chi connectivity index (χ1n) is 4.74. The Kier molecular flexibility index (Phi) is 2.72. The Labute approximate surface area is 91.7 Å². The second-order valence-electron chi connectivity index (χ2n) is 3.31. The lowest BCUT2D eigenvalue weighted by Crippen LogP contribution is -2.00. The predicted molar refractivity (Wildman–Crippen MR) is 60.5 cm³/mol. The Morgan fingerprint density at radius 1 is 0.875 bits per heavy atom. The SMILES string of the molecule is Nc1cccc(F)c1Nc1ccccc1F. The molecule has 0 aliphatic carbocycles. The highest BCUT2D eigenvalue weighted by atomic mass is 19.1. The largest absolute Gasteiger partial charge is 0.397 e. The van der Waals surface area contributed by atoms with E-state index in [2.05, 4.69) is 5.32 Å². The summed E-state index contributed by atoms with van der Waals surface area (Å²) in [6.07, 6.45) is 0. The van der Waals surface area contributed by atoms with Crippen molar-refractivity contribution in [3.05, 3.63) is 54.1 Å². The van der Waals surface area contributed by atoms with Gasteiger partial charge in [-0.05, 0) is 24.3 Å². The maximum Gasteiger partial charge on any atom is 0.148 e. The van der Waals surface area contributed by atoms with E-state index in [0.29, 0.717) is 0 Å². The summed E-state index contributed by atoms with van der Waals surface area (Å²) in [5, 5.41) is 2.63. The number of nitrogen functional groups attached to an aromatic ring is 1. The van der Waals surface area contributed by atoms with E-state index in [0.717, 1.165) is 0 Å². The topological polar surface area (TPSA) is 38.0 Å². The Bertz CT molecular complexity index is 492. The summed E-state index contributed by atoms with van der Waals surface area (Å²) in [6.45, 7) is 0. The molecule has 0 aromatic heterocycles. The molecule has 4 heteroatoms. The van der Waals surface area contributed by atoms with Crippen LogP contribution in [-0.2, 0) is 0 Å². The number of benzene rings is 2. The Morgan fingerprint density at radius 2 is 1.56 bits per heavy atom. The zero-order valence-electron chi connectivity index (χ0n) is 8.37. The zero-order valence-corrected chi connectivity index (χ0v) is 8.37. The summed E-state index contributed by atoms with van der Waals surface area (Å²) >= 11 is 0. The molecule has 2 rings (SSSR count). The van der Waals surface area contributed by atoms with Crippen LogP contribution in [0.25, 0.3) is 0 Å². The molecule has 0 bridgehead atoms. The van der Waals surface area contributed by atoms with Crippen molar-refractivity contribution in [3.8, 4) is 0 Å². The second kappa shape index (κ2) is 4.18. The van der Waals surface area contributed by atoms with Gasteiger partial charge < -0.3 is 11.1 Å². The van der Waals surface area contributed by atoms with E-state index in [1.165, 1.54) is 24.3 Å². The van der Waals surface area contributed by atoms with E-state index in [1.807, 2.05) is 0 Å². The number of hydrogen-bond acceptors (Lipinski definition) is 2. The maximum absolute atomic E-state index is 13.4. The van der Waals surface area contributed by atoms with Gasteiger partial charge in [-0.1, -0.05) is 18.2 Å². The van der Waals surface area contributed by atoms with Crippen LogP contribution in [0.3, 0.4) is 0 Å². The van der Waals surface area contributed by atoms with Gasteiger partial charge in [0, 0.05) is 0 Å². The van der Waals surface area contributed by atoms with Crippen molar-refractivity contribution in [1.29, 1.82) is 0 Å². The quantitative estimate of drug-likeness (QED) is 0.762. The van der Waals surface area contributed by atoms with Gasteiger partial charge >= 0.3 is 0 Å².